The van der Waals surface area contributed by atoms with Crippen LogP contribution in [0.3, 0.4) is 0 Å². The molecule has 0 aliphatic carbocycles. The lowest BCUT2D eigenvalue weighted by atomic mass is 9.97. The highest BCUT2D eigenvalue weighted by atomic mass is 16.5. The molecule has 2 atom stereocenters. The number of ether oxygens (including phenoxy) is 1. The first-order chi connectivity index (χ1) is 7.21. The summed E-state index contributed by atoms with van der Waals surface area (Å²) in [7, 11) is 0. The predicted molar refractivity (Wildman–Crippen MR) is 55.3 cm³/mol. The van der Waals surface area contributed by atoms with Crippen LogP contribution in [0.5, 0.6) is 0 Å². The Morgan fingerprint density at radius 3 is 3.27 bits per heavy atom. The molecule has 0 saturated carbocycles. The number of nitrogens with zero attached hydrogens (tertiary/aromatic N) is 1. The smallest absolute Gasteiger partial charge is 0.105 e. The number of aliphatic hydroxyl groups is 1. The van der Waals surface area contributed by atoms with Gasteiger partial charge in [-0.2, -0.15) is 0 Å². The third kappa shape index (κ3) is 2.37. The normalized spacial score (nSPS) is 30.9. The largest absolute Gasteiger partial charge is 0.386 e. The van der Waals surface area contributed by atoms with E-state index in [1.807, 2.05) is 6.92 Å². The summed E-state index contributed by atoms with van der Waals surface area (Å²) in [5, 5.41) is 13.4. The van der Waals surface area contributed by atoms with Crippen LogP contribution in [0.1, 0.15) is 19.0 Å². The van der Waals surface area contributed by atoms with Crippen LogP contribution in [0.4, 0.5) is 0 Å². The van der Waals surface area contributed by atoms with Gasteiger partial charge in [-0.15, -0.1) is 0 Å². The van der Waals surface area contributed by atoms with Crippen LogP contribution < -0.4 is 5.32 Å². The Labute approximate surface area is 88.9 Å². The number of rotatable bonds is 4. The fourth-order valence-electron chi connectivity index (χ4n) is 1.80. The molecule has 1 aromatic heterocycles. The summed E-state index contributed by atoms with van der Waals surface area (Å²) >= 11 is 0. The molecule has 15 heavy (non-hydrogen) atoms. The lowest BCUT2D eigenvalue weighted by molar-refractivity contribution is -0.0263. The van der Waals surface area contributed by atoms with Gasteiger partial charge in [0.25, 0.3) is 0 Å². The predicted octanol–water partition coefficient (Wildman–Crippen LogP) is 0.0392. The zero-order valence-corrected chi connectivity index (χ0v) is 8.86. The van der Waals surface area contributed by atoms with Crippen molar-refractivity contribution >= 4 is 0 Å². The summed E-state index contributed by atoms with van der Waals surface area (Å²) in [6.07, 6.45) is 4.02. The zero-order valence-electron chi connectivity index (χ0n) is 8.86. The van der Waals surface area contributed by atoms with Gasteiger partial charge in [-0.3, -0.25) is 0 Å². The third-order valence-corrected chi connectivity index (χ3v) is 2.96. The molecule has 1 aliphatic rings. The van der Waals surface area contributed by atoms with Gasteiger partial charge in [-0.05, 0) is 6.92 Å². The minimum absolute atomic E-state index is 0.0910. The summed E-state index contributed by atoms with van der Waals surface area (Å²) in [4.78, 5) is 6.92. The molecule has 2 heterocycles. The van der Waals surface area contributed by atoms with Crippen molar-refractivity contribution in [3.8, 4) is 0 Å². The maximum atomic E-state index is 10.2. The minimum atomic E-state index is -0.722. The Morgan fingerprint density at radius 2 is 2.67 bits per heavy atom. The quantitative estimate of drug-likeness (QED) is 0.657. The van der Waals surface area contributed by atoms with Gasteiger partial charge in [-0.25, -0.2) is 4.98 Å². The molecule has 0 radical (unpaired) electrons. The maximum Gasteiger partial charge on any atom is 0.105 e. The average molecular weight is 211 g/mol. The first kappa shape index (κ1) is 10.6. The van der Waals surface area contributed by atoms with Crippen molar-refractivity contribution in [3.63, 3.8) is 0 Å². The van der Waals surface area contributed by atoms with Crippen LogP contribution in [-0.4, -0.2) is 39.9 Å². The number of hydrogen-bond donors (Lipinski definition) is 3. The second-order valence-electron chi connectivity index (χ2n) is 4.05. The summed E-state index contributed by atoms with van der Waals surface area (Å²) in [6, 6.07) is 0. The summed E-state index contributed by atoms with van der Waals surface area (Å²) in [5.74, 6) is 0. The van der Waals surface area contributed by atoms with Crippen molar-refractivity contribution in [1.29, 1.82) is 0 Å². The van der Waals surface area contributed by atoms with Crippen LogP contribution in [0, 0.1) is 0 Å². The topological polar surface area (TPSA) is 70.2 Å². The molecular weight excluding hydrogens is 194 g/mol. The average Bonchev–Trinajstić information content (AvgIpc) is 2.79. The van der Waals surface area contributed by atoms with E-state index in [2.05, 4.69) is 15.3 Å². The number of H-pyrrole nitrogens is 1. The van der Waals surface area contributed by atoms with Crippen molar-refractivity contribution in [3.05, 3.63) is 18.2 Å². The Bertz CT molecular complexity index is 302. The first-order valence-corrected chi connectivity index (χ1v) is 5.23. The summed E-state index contributed by atoms with van der Waals surface area (Å²) < 4.78 is 5.35. The van der Waals surface area contributed by atoms with Crippen LogP contribution in [0.2, 0.25) is 0 Å². The van der Waals surface area contributed by atoms with Crippen molar-refractivity contribution in [2.75, 3.05) is 13.2 Å². The Balaban J connectivity index is 1.78. The van der Waals surface area contributed by atoms with E-state index in [4.69, 9.17) is 4.74 Å². The highest BCUT2D eigenvalue weighted by Gasteiger charge is 2.38. The molecule has 1 fully saturated rings. The van der Waals surface area contributed by atoms with Gasteiger partial charge in [0, 0.05) is 38.0 Å². The minimum Gasteiger partial charge on any atom is -0.386 e. The molecule has 5 heteroatoms. The van der Waals surface area contributed by atoms with Gasteiger partial charge in [0.2, 0.25) is 0 Å². The number of aromatic nitrogens is 2. The Kier molecular flexibility index (Phi) is 3.04. The van der Waals surface area contributed by atoms with Gasteiger partial charge >= 0.3 is 0 Å². The molecule has 1 saturated heterocycles. The molecule has 0 amide bonds. The monoisotopic (exact) mass is 211 g/mol. The van der Waals surface area contributed by atoms with Gasteiger partial charge in [0.1, 0.15) is 5.60 Å². The molecule has 0 aromatic carbocycles. The molecule has 1 aliphatic heterocycles. The highest BCUT2D eigenvalue weighted by Crippen LogP contribution is 2.24. The van der Waals surface area contributed by atoms with Crippen LogP contribution in [-0.2, 0) is 11.3 Å². The van der Waals surface area contributed by atoms with Crippen LogP contribution in [0.25, 0.3) is 0 Å². The van der Waals surface area contributed by atoms with E-state index in [1.54, 1.807) is 12.5 Å². The van der Waals surface area contributed by atoms with Crippen molar-refractivity contribution in [2.24, 2.45) is 0 Å². The molecule has 5 nitrogen and oxygen atoms in total. The summed E-state index contributed by atoms with van der Waals surface area (Å²) in [6.45, 7) is 3.79. The van der Waals surface area contributed by atoms with Crippen molar-refractivity contribution in [1.82, 2.24) is 15.3 Å². The van der Waals surface area contributed by atoms with E-state index in [0.29, 0.717) is 26.1 Å². The van der Waals surface area contributed by atoms with Gasteiger partial charge < -0.3 is 20.1 Å². The fraction of sp³-hybridized carbons (Fsp3) is 0.700. The Morgan fingerprint density at radius 1 is 1.80 bits per heavy atom. The summed E-state index contributed by atoms with van der Waals surface area (Å²) in [5.41, 5.74) is 0.296. The van der Waals surface area contributed by atoms with Crippen LogP contribution in [0.15, 0.2) is 12.5 Å². The highest BCUT2D eigenvalue weighted by molar-refractivity contribution is 4.96. The Hall–Kier alpha value is -0.910. The number of hydrogen-bond acceptors (Lipinski definition) is 4. The van der Waals surface area contributed by atoms with E-state index in [1.165, 1.54) is 0 Å². The van der Waals surface area contributed by atoms with E-state index in [9.17, 15) is 5.11 Å². The second-order valence-corrected chi connectivity index (χ2v) is 4.05. The molecular formula is C10H17N3O2. The second kappa shape index (κ2) is 4.30. The number of nitrogens with one attached hydrogen (secondary N) is 2. The molecule has 2 unspecified atom stereocenters. The van der Waals surface area contributed by atoms with E-state index < -0.39 is 5.60 Å². The molecule has 2 rings (SSSR count). The van der Waals surface area contributed by atoms with Gasteiger partial charge in [0.05, 0.1) is 12.4 Å². The molecule has 0 spiro atoms. The van der Waals surface area contributed by atoms with Gasteiger partial charge in [-0.1, -0.05) is 0 Å². The molecule has 3 N–H and O–H groups in total. The van der Waals surface area contributed by atoms with Crippen molar-refractivity contribution < 1.29 is 9.84 Å². The first-order valence-electron chi connectivity index (χ1n) is 5.23. The number of imidazole rings is 1. The van der Waals surface area contributed by atoms with E-state index in [-0.39, 0.29) is 6.10 Å². The standard InChI is InChI=1S/C10H17N3O2/c1-8-10(14,2-3-15-8)6-11-4-9-5-12-7-13-9/h5,7-8,11,14H,2-4,6H2,1H3,(H,12,13). The van der Waals surface area contributed by atoms with E-state index in [0.717, 1.165) is 5.69 Å². The van der Waals surface area contributed by atoms with E-state index >= 15 is 0 Å². The SMILES string of the molecule is CC1OCCC1(O)CNCc1cnc[nH]1. The van der Waals surface area contributed by atoms with Gasteiger partial charge in [0.15, 0.2) is 0 Å². The molecule has 0 bridgehead atoms. The fourth-order valence-corrected chi connectivity index (χ4v) is 1.80. The molecule has 1 aromatic rings. The third-order valence-electron chi connectivity index (χ3n) is 2.96. The van der Waals surface area contributed by atoms with Crippen molar-refractivity contribution in [2.45, 2.75) is 31.6 Å². The molecule has 84 valence electrons. The lowest BCUT2D eigenvalue weighted by Crippen LogP contribution is -2.45. The lowest BCUT2D eigenvalue weighted by Gasteiger charge is -2.26. The zero-order chi connectivity index (χ0) is 10.7. The number of aromatic amines is 1. The maximum absolute atomic E-state index is 10.2. The van der Waals surface area contributed by atoms with Crippen LogP contribution >= 0.6 is 0 Å².